The maximum absolute atomic E-state index is 12.2. The highest BCUT2D eigenvalue weighted by Gasteiger charge is 2.32. The monoisotopic (exact) mass is 303 g/mol. The van der Waals surface area contributed by atoms with E-state index in [1.54, 1.807) is 0 Å². The van der Waals surface area contributed by atoms with Crippen molar-refractivity contribution in [3.63, 3.8) is 0 Å². The van der Waals surface area contributed by atoms with Gasteiger partial charge in [-0.15, -0.1) is 0 Å². The van der Waals surface area contributed by atoms with Gasteiger partial charge in [0.2, 0.25) is 5.91 Å². The smallest absolute Gasteiger partial charge is 0.224 e. The minimum Gasteiger partial charge on any atom is -0.487 e. The van der Waals surface area contributed by atoms with Crippen LogP contribution in [0.5, 0.6) is 5.75 Å². The Labute approximate surface area is 132 Å². The Balaban J connectivity index is 1.33. The van der Waals surface area contributed by atoms with Gasteiger partial charge in [0, 0.05) is 39.1 Å². The molecule has 0 unspecified atom stereocenters. The van der Waals surface area contributed by atoms with E-state index >= 15 is 0 Å². The number of hydrogen-bond donors (Lipinski definition) is 0. The van der Waals surface area contributed by atoms with Crippen molar-refractivity contribution in [2.45, 2.75) is 12.5 Å². The number of likely N-dealkylation sites (tertiary alicyclic amines) is 1. The van der Waals surface area contributed by atoms with Gasteiger partial charge in [-0.2, -0.15) is 0 Å². The summed E-state index contributed by atoms with van der Waals surface area (Å²) in [5.74, 6) is 1.14. The number of benzene rings is 1. The molecule has 5 nitrogen and oxygen atoms in total. The molecule has 1 aromatic carbocycles. The highest BCUT2D eigenvalue weighted by atomic mass is 16.5. The molecule has 5 heteroatoms. The number of amides is 1. The third kappa shape index (κ3) is 3.99. The van der Waals surface area contributed by atoms with Crippen LogP contribution in [0.25, 0.3) is 0 Å². The Morgan fingerprint density at radius 2 is 1.82 bits per heavy atom. The molecule has 1 amide bonds. The number of para-hydroxylation sites is 1. The van der Waals surface area contributed by atoms with Gasteiger partial charge in [0.25, 0.3) is 0 Å². The van der Waals surface area contributed by atoms with Crippen LogP contribution in [0.15, 0.2) is 30.3 Å². The van der Waals surface area contributed by atoms with Gasteiger partial charge in [-0.05, 0) is 19.2 Å². The van der Waals surface area contributed by atoms with Crippen molar-refractivity contribution in [1.82, 2.24) is 14.7 Å². The number of carbonyl (C=O) groups is 1. The van der Waals surface area contributed by atoms with E-state index in [-0.39, 0.29) is 12.0 Å². The largest absolute Gasteiger partial charge is 0.487 e. The number of likely N-dealkylation sites (N-methyl/N-ethyl adjacent to an activating group) is 1. The molecule has 0 radical (unpaired) electrons. The summed E-state index contributed by atoms with van der Waals surface area (Å²) < 4.78 is 5.83. The molecule has 0 spiro atoms. The zero-order valence-electron chi connectivity index (χ0n) is 13.3. The quantitative estimate of drug-likeness (QED) is 0.810. The van der Waals surface area contributed by atoms with Gasteiger partial charge in [0.15, 0.2) is 0 Å². The Hall–Kier alpha value is -1.59. The normalized spacial score (nSPS) is 20.7. The van der Waals surface area contributed by atoms with Crippen LogP contribution in [-0.2, 0) is 4.79 Å². The standard InChI is InChI=1S/C17H25N3O2/c1-18-9-11-19(12-10-18)8-7-17(21)20-13-16(14-20)22-15-5-3-2-4-6-15/h2-6,16H,7-14H2,1H3. The minimum absolute atomic E-state index is 0.148. The van der Waals surface area contributed by atoms with Gasteiger partial charge < -0.3 is 19.4 Å². The highest BCUT2D eigenvalue weighted by Crippen LogP contribution is 2.18. The van der Waals surface area contributed by atoms with E-state index < -0.39 is 0 Å². The second-order valence-corrected chi connectivity index (χ2v) is 6.25. The fourth-order valence-corrected chi connectivity index (χ4v) is 2.89. The minimum atomic E-state index is 0.148. The van der Waals surface area contributed by atoms with Gasteiger partial charge in [-0.25, -0.2) is 0 Å². The summed E-state index contributed by atoms with van der Waals surface area (Å²) in [5.41, 5.74) is 0. The first-order valence-corrected chi connectivity index (χ1v) is 8.11. The molecule has 0 atom stereocenters. The van der Waals surface area contributed by atoms with Crippen LogP contribution >= 0.6 is 0 Å². The molecule has 0 aliphatic carbocycles. The van der Waals surface area contributed by atoms with E-state index in [9.17, 15) is 4.79 Å². The lowest BCUT2D eigenvalue weighted by molar-refractivity contribution is -0.140. The summed E-state index contributed by atoms with van der Waals surface area (Å²) in [7, 11) is 2.15. The van der Waals surface area contributed by atoms with Crippen molar-refractivity contribution in [3.8, 4) is 5.75 Å². The third-order valence-electron chi connectivity index (χ3n) is 4.48. The average Bonchev–Trinajstić information content (AvgIpc) is 2.50. The van der Waals surface area contributed by atoms with Gasteiger partial charge in [0.1, 0.15) is 11.9 Å². The Morgan fingerprint density at radius 1 is 1.14 bits per heavy atom. The molecule has 2 fully saturated rings. The predicted octanol–water partition coefficient (Wildman–Crippen LogP) is 0.914. The first-order chi connectivity index (χ1) is 10.7. The fourth-order valence-electron chi connectivity index (χ4n) is 2.89. The number of carbonyl (C=O) groups excluding carboxylic acids is 1. The molecule has 120 valence electrons. The van der Waals surface area contributed by atoms with E-state index in [1.807, 2.05) is 35.2 Å². The average molecular weight is 303 g/mol. The maximum Gasteiger partial charge on any atom is 0.224 e. The highest BCUT2D eigenvalue weighted by molar-refractivity contribution is 5.77. The zero-order chi connectivity index (χ0) is 15.4. The lowest BCUT2D eigenvalue weighted by Crippen LogP contribution is -2.56. The molecule has 2 aliphatic rings. The Kier molecular flexibility index (Phi) is 4.95. The van der Waals surface area contributed by atoms with E-state index in [1.165, 1.54) is 0 Å². The Bertz CT molecular complexity index is 480. The lowest BCUT2D eigenvalue weighted by Gasteiger charge is -2.39. The summed E-state index contributed by atoms with van der Waals surface area (Å²) in [6.07, 6.45) is 0.775. The van der Waals surface area contributed by atoms with E-state index in [0.29, 0.717) is 6.42 Å². The van der Waals surface area contributed by atoms with Crippen LogP contribution in [0.3, 0.4) is 0 Å². The summed E-state index contributed by atoms with van der Waals surface area (Å²) >= 11 is 0. The lowest BCUT2D eigenvalue weighted by atomic mass is 10.1. The molecule has 0 saturated carbocycles. The zero-order valence-corrected chi connectivity index (χ0v) is 13.3. The van der Waals surface area contributed by atoms with Crippen LogP contribution < -0.4 is 4.74 Å². The molecule has 22 heavy (non-hydrogen) atoms. The number of nitrogens with zero attached hydrogens (tertiary/aromatic N) is 3. The topological polar surface area (TPSA) is 36.0 Å². The van der Waals surface area contributed by atoms with Crippen LogP contribution in [0.1, 0.15) is 6.42 Å². The van der Waals surface area contributed by atoms with Crippen LogP contribution in [-0.4, -0.2) is 79.6 Å². The molecule has 0 bridgehead atoms. The van der Waals surface area contributed by atoms with Gasteiger partial charge >= 0.3 is 0 Å². The van der Waals surface area contributed by atoms with Crippen molar-refractivity contribution in [1.29, 1.82) is 0 Å². The summed E-state index contributed by atoms with van der Waals surface area (Å²) in [6, 6.07) is 9.82. The van der Waals surface area contributed by atoms with Crippen molar-refractivity contribution in [2.75, 3.05) is 52.9 Å². The molecule has 3 rings (SSSR count). The molecule has 2 saturated heterocycles. The summed E-state index contributed by atoms with van der Waals surface area (Å²) in [6.45, 7) is 6.67. The number of ether oxygens (including phenoxy) is 1. The first kappa shape index (κ1) is 15.3. The fraction of sp³-hybridized carbons (Fsp3) is 0.588. The van der Waals surface area contributed by atoms with Crippen LogP contribution in [0.2, 0.25) is 0 Å². The van der Waals surface area contributed by atoms with Crippen molar-refractivity contribution < 1.29 is 9.53 Å². The molecular weight excluding hydrogens is 278 g/mol. The number of hydrogen-bond acceptors (Lipinski definition) is 4. The van der Waals surface area contributed by atoms with Crippen LogP contribution in [0.4, 0.5) is 0 Å². The second kappa shape index (κ2) is 7.11. The molecule has 1 aromatic rings. The van der Waals surface area contributed by atoms with Crippen molar-refractivity contribution in [3.05, 3.63) is 30.3 Å². The SMILES string of the molecule is CN1CCN(CCC(=O)N2CC(Oc3ccccc3)C2)CC1. The van der Waals surface area contributed by atoms with Gasteiger partial charge in [-0.1, -0.05) is 18.2 Å². The number of piperazine rings is 1. The third-order valence-corrected chi connectivity index (χ3v) is 4.48. The molecule has 2 aliphatic heterocycles. The predicted molar refractivity (Wildman–Crippen MR) is 86.0 cm³/mol. The Morgan fingerprint density at radius 3 is 2.50 bits per heavy atom. The second-order valence-electron chi connectivity index (χ2n) is 6.25. The first-order valence-electron chi connectivity index (χ1n) is 8.11. The van der Waals surface area contributed by atoms with Gasteiger partial charge in [-0.3, -0.25) is 4.79 Å². The van der Waals surface area contributed by atoms with Crippen LogP contribution in [0, 0.1) is 0 Å². The van der Waals surface area contributed by atoms with E-state index in [2.05, 4.69) is 16.8 Å². The number of rotatable bonds is 5. The van der Waals surface area contributed by atoms with Crippen molar-refractivity contribution in [2.24, 2.45) is 0 Å². The van der Waals surface area contributed by atoms with Crippen molar-refractivity contribution >= 4 is 5.91 Å². The van der Waals surface area contributed by atoms with Gasteiger partial charge in [0.05, 0.1) is 13.1 Å². The molecular formula is C17H25N3O2. The molecule has 0 aromatic heterocycles. The van der Waals surface area contributed by atoms with E-state index in [0.717, 1.165) is 51.6 Å². The summed E-state index contributed by atoms with van der Waals surface area (Å²) in [5, 5.41) is 0. The molecule has 0 N–H and O–H groups in total. The maximum atomic E-state index is 12.2. The molecule has 2 heterocycles. The van der Waals surface area contributed by atoms with E-state index in [4.69, 9.17) is 4.74 Å². The summed E-state index contributed by atoms with van der Waals surface area (Å²) in [4.78, 5) is 18.8.